The first kappa shape index (κ1) is 21.8. The lowest BCUT2D eigenvalue weighted by molar-refractivity contribution is -0.131. The first-order valence-corrected chi connectivity index (χ1v) is 11.8. The summed E-state index contributed by atoms with van der Waals surface area (Å²) in [5, 5.41) is 0. The molecule has 0 unspecified atom stereocenters. The minimum absolute atomic E-state index is 0.106. The van der Waals surface area contributed by atoms with Crippen molar-refractivity contribution in [2.45, 2.75) is 32.1 Å². The van der Waals surface area contributed by atoms with Crippen molar-refractivity contribution in [3.8, 4) is 0 Å². The van der Waals surface area contributed by atoms with Gasteiger partial charge in [-0.25, -0.2) is 0 Å². The van der Waals surface area contributed by atoms with Crippen LogP contribution in [-0.4, -0.2) is 53.6 Å². The number of ketones is 1. The average Bonchev–Trinajstić information content (AvgIpc) is 3.34. The van der Waals surface area contributed by atoms with Crippen LogP contribution >= 0.6 is 15.9 Å². The van der Waals surface area contributed by atoms with Crippen molar-refractivity contribution < 1.29 is 14.4 Å². The van der Waals surface area contributed by atoms with Crippen molar-refractivity contribution in [2.24, 2.45) is 5.92 Å². The fraction of sp³-hybridized carbons (Fsp3) is 0.400. The van der Waals surface area contributed by atoms with Crippen LogP contribution in [-0.2, 0) is 4.79 Å². The van der Waals surface area contributed by atoms with Crippen molar-refractivity contribution >= 4 is 33.5 Å². The Bertz CT molecular complexity index is 959. The van der Waals surface area contributed by atoms with Crippen molar-refractivity contribution in [1.82, 2.24) is 9.80 Å². The molecule has 2 aliphatic heterocycles. The quantitative estimate of drug-likeness (QED) is 0.587. The van der Waals surface area contributed by atoms with Gasteiger partial charge < -0.3 is 9.80 Å². The van der Waals surface area contributed by atoms with E-state index in [1.807, 2.05) is 21.9 Å². The third kappa shape index (κ3) is 5.06. The zero-order valence-corrected chi connectivity index (χ0v) is 19.1. The average molecular weight is 483 g/mol. The number of hydrogen-bond acceptors (Lipinski definition) is 3. The summed E-state index contributed by atoms with van der Waals surface area (Å²) in [5.74, 6) is 0.331. The Balaban J connectivity index is 1.41. The molecule has 0 saturated carbocycles. The van der Waals surface area contributed by atoms with Gasteiger partial charge in [0.05, 0.1) is 5.56 Å². The lowest BCUT2D eigenvalue weighted by atomic mass is 9.91. The number of piperidine rings is 1. The van der Waals surface area contributed by atoms with Crippen LogP contribution in [0.1, 0.15) is 58.4 Å². The Morgan fingerprint density at radius 1 is 0.806 bits per heavy atom. The van der Waals surface area contributed by atoms with Gasteiger partial charge in [-0.05, 0) is 61.9 Å². The van der Waals surface area contributed by atoms with Crippen molar-refractivity contribution in [2.75, 3.05) is 26.2 Å². The fourth-order valence-electron chi connectivity index (χ4n) is 4.48. The maximum absolute atomic E-state index is 13.2. The highest BCUT2D eigenvalue weighted by atomic mass is 79.9. The van der Waals surface area contributed by atoms with Crippen molar-refractivity contribution in [1.29, 1.82) is 0 Å². The minimum Gasteiger partial charge on any atom is -0.343 e. The van der Waals surface area contributed by atoms with Gasteiger partial charge in [0, 0.05) is 48.2 Å². The predicted molar refractivity (Wildman–Crippen MR) is 123 cm³/mol. The molecule has 0 bridgehead atoms. The van der Waals surface area contributed by atoms with Crippen LogP contribution in [0.4, 0.5) is 0 Å². The van der Waals surface area contributed by atoms with E-state index in [1.54, 1.807) is 36.4 Å². The Labute approximate surface area is 191 Å². The summed E-state index contributed by atoms with van der Waals surface area (Å²) in [6.45, 7) is 3.02. The molecule has 0 spiro atoms. The maximum atomic E-state index is 13.2. The number of hydrogen-bond donors (Lipinski definition) is 0. The van der Waals surface area contributed by atoms with Gasteiger partial charge in [-0.3, -0.25) is 14.4 Å². The molecule has 5 nitrogen and oxygen atoms in total. The number of nitrogens with zero attached hydrogens (tertiary/aromatic N) is 2. The molecule has 2 aromatic carbocycles. The number of likely N-dealkylation sites (tertiary alicyclic amines) is 2. The molecule has 31 heavy (non-hydrogen) atoms. The monoisotopic (exact) mass is 482 g/mol. The van der Waals surface area contributed by atoms with E-state index in [-0.39, 0.29) is 17.6 Å². The number of amides is 2. The fourth-order valence-corrected chi connectivity index (χ4v) is 4.74. The van der Waals surface area contributed by atoms with E-state index in [0.29, 0.717) is 42.1 Å². The van der Waals surface area contributed by atoms with Gasteiger partial charge in [0.15, 0.2) is 5.78 Å². The van der Waals surface area contributed by atoms with Crippen LogP contribution < -0.4 is 0 Å². The third-order valence-electron chi connectivity index (χ3n) is 6.33. The van der Waals surface area contributed by atoms with Crippen LogP contribution in [0.15, 0.2) is 53.0 Å². The smallest absolute Gasteiger partial charge is 0.254 e. The van der Waals surface area contributed by atoms with Gasteiger partial charge in [-0.15, -0.1) is 0 Å². The molecular weight excluding hydrogens is 456 g/mol. The second-order valence-corrected chi connectivity index (χ2v) is 9.32. The molecule has 0 N–H and O–H groups in total. The maximum Gasteiger partial charge on any atom is 0.254 e. The summed E-state index contributed by atoms with van der Waals surface area (Å²) >= 11 is 3.38. The van der Waals surface area contributed by atoms with E-state index < -0.39 is 0 Å². The van der Waals surface area contributed by atoms with Crippen LogP contribution in [0, 0.1) is 5.92 Å². The normalized spacial score (nSPS) is 17.1. The van der Waals surface area contributed by atoms with E-state index in [9.17, 15) is 14.4 Å². The van der Waals surface area contributed by atoms with Crippen LogP contribution in [0.25, 0.3) is 0 Å². The third-order valence-corrected chi connectivity index (χ3v) is 6.86. The topological polar surface area (TPSA) is 57.7 Å². The molecule has 2 saturated heterocycles. The van der Waals surface area contributed by atoms with E-state index in [2.05, 4.69) is 15.9 Å². The zero-order chi connectivity index (χ0) is 21.8. The molecule has 0 atom stereocenters. The van der Waals surface area contributed by atoms with Gasteiger partial charge in [0.2, 0.25) is 5.91 Å². The number of carbonyl (C=O) groups excluding carboxylic acids is 3. The summed E-state index contributed by atoms with van der Waals surface area (Å²) in [4.78, 5) is 42.5. The zero-order valence-electron chi connectivity index (χ0n) is 17.6. The van der Waals surface area contributed by atoms with Crippen LogP contribution in [0.2, 0.25) is 0 Å². The van der Waals surface area contributed by atoms with Crippen LogP contribution in [0.3, 0.4) is 0 Å². The second-order valence-electron chi connectivity index (χ2n) is 8.41. The highest BCUT2D eigenvalue weighted by Gasteiger charge is 2.29. The molecule has 2 aromatic rings. The van der Waals surface area contributed by atoms with Gasteiger partial charge >= 0.3 is 0 Å². The Morgan fingerprint density at radius 2 is 1.42 bits per heavy atom. The SMILES string of the molecule is O=C(c1ccc(Br)cc1)c1ccccc1C(=O)N1CCC(CC(=O)N2CCCC2)CC1. The Hall–Kier alpha value is -2.47. The lowest BCUT2D eigenvalue weighted by Crippen LogP contribution is -2.40. The number of halogens is 1. The summed E-state index contributed by atoms with van der Waals surface area (Å²) < 4.78 is 0.902. The molecule has 2 amide bonds. The number of benzene rings is 2. The summed E-state index contributed by atoms with van der Waals surface area (Å²) in [5.41, 5.74) is 1.44. The number of carbonyl (C=O) groups is 3. The molecular formula is C25H27BrN2O3. The molecule has 2 fully saturated rings. The van der Waals surface area contributed by atoms with E-state index in [0.717, 1.165) is 43.2 Å². The largest absolute Gasteiger partial charge is 0.343 e. The first-order valence-electron chi connectivity index (χ1n) is 11.0. The van der Waals surface area contributed by atoms with E-state index in [1.165, 1.54) is 0 Å². The summed E-state index contributed by atoms with van der Waals surface area (Å²) in [6, 6.07) is 14.2. The molecule has 4 rings (SSSR count). The molecule has 0 aromatic heterocycles. The summed E-state index contributed by atoms with van der Waals surface area (Å²) in [6.07, 6.45) is 4.46. The van der Waals surface area contributed by atoms with Gasteiger partial charge in [0.25, 0.3) is 5.91 Å². The minimum atomic E-state index is -0.150. The Kier molecular flexibility index (Phi) is 6.86. The lowest BCUT2D eigenvalue weighted by Gasteiger charge is -2.32. The van der Waals surface area contributed by atoms with Gasteiger partial charge in [-0.2, -0.15) is 0 Å². The predicted octanol–water partition coefficient (Wildman–Crippen LogP) is 4.54. The molecule has 162 valence electrons. The van der Waals surface area contributed by atoms with Crippen molar-refractivity contribution in [3.05, 3.63) is 69.7 Å². The molecule has 0 radical (unpaired) electrons. The molecule has 2 heterocycles. The van der Waals surface area contributed by atoms with E-state index in [4.69, 9.17) is 0 Å². The molecule has 6 heteroatoms. The molecule has 0 aliphatic carbocycles. The second kappa shape index (κ2) is 9.77. The van der Waals surface area contributed by atoms with Gasteiger partial charge in [-0.1, -0.05) is 34.1 Å². The number of rotatable bonds is 5. The van der Waals surface area contributed by atoms with E-state index >= 15 is 0 Å². The Morgan fingerprint density at radius 3 is 2.06 bits per heavy atom. The highest BCUT2D eigenvalue weighted by Crippen LogP contribution is 2.25. The van der Waals surface area contributed by atoms with Gasteiger partial charge in [0.1, 0.15) is 0 Å². The standard InChI is InChI=1S/C25H27BrN2O3/c26-20-9-7-19(8-10-20)24(30)21-5-1-2-6-22(21)25(31)28-15-11-18(12-16-28)17-23(29)27-13-3-4-14-27/h1-2,5-10,18H,3-4,11-17H2. The van der Waals surface area contributed by atoms with Crippen LogP contribution in [0.5, 0.6) is 0 Å². The molecule has 2 aliphatic rings. The van der Waals surface area contributed by atoms with Crippen molar-refractivity contribution in [3.63, 3.8) is 0 Å². The first-order chi connectivity index (χ1) is 15.0. The summed E-state index contributed by atoms with van der Waals surface area (Å²) in [7, 11) is 0. The highest BCUT2D eigenvalue weighted by molar-refractivity contribution is 9.10.